The molecule has 0 saturated carbocycles. The van der Waals surface area contributed by atoms with E-state index in [2.05, 4.69) is 4.99 Å². The van der Waals surface area contributed by atoms with Gasteiger partial charge in [-0.1, -0.05) is 0 Å². The molecule has 0 saturated heterocycles. The summed E-state index contributed by atoms with van der Waals surface area (Å²) in [6.07, 6.45) is 5.04. The van der Waals surface area contributed by atoms with E-state index < -0.39 is 0 Å². The molecule has 82 valence electrons. The Morgan fingerprint density at radius 1 is 1.60 bits per heavy atom. The first-order valence-electron chi connectivity index (χ1n) is 4.60. The van der Waals surface area contributed by atoms with Crippen LogP contribution in [0.25, 0.3) is 0 Å². The lowest BCUT2D eigenvalue weighted by molar-refractivity contribution is -0.136. The lowest BCUT2D eigenvalue weighted by Crippen LogP contribution is -2.07. The molecule has 0 amide bonds. The number of carbonyl (C=O) groups is 1. The van der Waals surface area contributed by atoms with Crippen LogP contribution in [0.5, 0.6) is 0 Å². The van der Waals surface area contributed by atoms with E-state index in [0.717, 1.165) is 5.69 Å². The Morgan fingerprint density at radius 3 is 2.93 bits per heavy atom. The van der Waals surface area contributed by atoms with Gasteiger partial charge in [-0.05, 0) is 13.0 Å². The molecule has 0 aliphatic carbocycles. The van der Waals surface area contributed by atoms with Gasteiger partial charge in [-0.2, -0.15) is 0 Å². The van der Waals surface area contributed by atoms with E-state index in [1.54, 1.807) is 17.8 Å². The zero-order valence-electron chi connectivity index (χ0n) is 9.12. The Labute approximate surface area is 89.0 Å². The summed E-state index contributed by atoms with van der Waals surface area (Å²) >= 11 is 0. The quantitative estimate of drug-likeness (QED) is 0.418. The van der Waals surface area contributed by atoms with E-state index in [4.69, 9.17) is 4.74 Å². The van der Waals surface area contributed by atoms with E-state index in [0.29, 0.717) is 6.47 Å². The molecule has 5 nitrogen and oxygen atoms in total. The Kier molecular flexibility index (Phi) is 3.91. The zero-order chi connectivity index (χ0) is 11.3. The van der Waals surface area contributed by atoms with Gasteiger partial charge in [0.2, 0.25) is 0 Å². The average molecular weight is 209 g/mol. The SMILES string of the molecule is CC(OC=O)n1ccc(/N=C\N(C)C)c1. The summed E-state index contributed by atoms with van der Waals surface area (Å²) in [4.78, 5) is 16.2. The van der Waals surface area contributed by atoms with Crippen LogP contribution in [-0.2, 0) is 9.53 Å². The molecule has 0 radical (unpaired) electrons. The third-order valence-electron chi connectivity index (χ3n) is 1.81. The van der Waals surface area contributed by atoms with Gasteiger partial charge in [0.1, 0.15) is 0 Å². The minimum absolute atomic E-state index is 0.300. The highest BCUT2D eigenvalue weighted by atomic mass is 16.5. The largest absolute Gasteiger partial charge is 0.444 e. The normalized spacial score (nSPS) is 12.7. The Bertz CT molecular complexity index is 344. The summed E-state index contributed by atoms with van der Waals surface area (Å²) in [5.74, 6) is 0. The predicted molar refractivity (Wildman–Crippen MR) is 58.1 cm³/mol. The number of rotatable bonds is 5. The summed E-state index contributed by atoms with van der Waals surface area (Å²) < 4.78 is 6.56. The van der Waals surface area contributed by atoms with Gasteiger partial charge in [-0.3, -0.25) is 4.79 Å². The number of aliphatic imine (C=N–C) groups is 1. The van der Waals surface area contributed by atoms with Gasteiger partial charge in [0.05, 0.1) is 12.0 Å². The highest BCUT2D eigenvalue weighted by molar-refractivity contribution is 5.60. The monoisotopic (exact) mass is 209 g/mol. The number of nitrogens with zero attached hydrogens (tertiary/aromatic N) is 3. The van der Waals surface area contributed by atoms with Crippen molar-refractivity contribution >= 4 is 18.5 Å². The minimum Gasteiger partial charge on any atom is -0.444 e. The molecular formula is C10H15N3O2. The van der Waals surface area contributed by atoms with Gasteiger partial charge in [0.25, 0.3) is 6.47 Å². The zero-order valence-corrected chi connectivity index (χ0v) is 9.12. The lowest BCUT2D eigenvalue weighted by atomic mass is 10.5. The number of hydrogen-bond acceptors (Lipinski definition) is 3. The van der Waals surface area contributed by atoms with Crippen LogP contribution in [0.2, 0.25) is 0 Å². The predicted octanol–water partition coefficient (Wildman–Crippen LogP) is 1.40. The van der Waals surface area contributed by atoms with Crippen molar-refractivity contribution < 1.29 is 9.53 Å². The minimum atomic E-state index is -0.300. The van der Waals surface area contributed by atoms with Crippen LogP contribution < -0.4 is 0 Å². The second-order valence-electron chi connectivity index (χ2n) is 3.36. The molecule has 1 aromatic rings. The molecule has 0 aromatic carbocycles. The van der Waals surface area contributed by atoms with Gasteiger partial charge in [0, 0.05) is 26.5 Å². The van der Waals surface area contributed by atoms with Crippen molar-refractivity contribution in [1.82, 2.24) is 9.47 Å². The lowest BCUT2D eigenvalue weighted by Gasteiger charge is -2.10. The molecule has 1 atom stereocenters. The number of aromatic nitrogens is 1. The molecule has 1 heterocycles. The van der Waals surface area contributed by atoms with Crippen LogP contribution >= 0.6 is 0 Å². The van der Waals surface area contributed by atoms with E-state index in [9.17, 15) is 4.79 Å². The number of hydrogen-bond donors (Lipinski definition) is 0. The summed E-state index contributed by atoms with van der Waals surface area (Å²) in [6, 6.07) is 1.85. The van der Waals surface area contributed by atoms with Gasteiger partial charge in [-0.15, -0.1) is 0 Å². The second-order valence-corrected chi connectivity index (χ2v) is 3.36. The molecule has 0 N–H and O–H groups in total. The van der Waals surface area contributed by atoms with Crippen molar-refractivity contribution in [1.29, 1.82) is 0 Å². The maximum Gasteiger partial charge on any atom is 0.295 e. The molecule has 0 fully saturated rings. The van der Waals surface area contributed by atoms with Crippen molar-refractivity contribution in [3.63, 3.8) is 0 Å². The van der Waals surface area contributed by atoms with Crippen LogP contribution in [-0.4, -0.2) is 36.4 Å². The number of carbonyl (C=O) groups excluding carboxylic acids is 1. The summed E-state index contributed by atoms with van der Waals surface area (Å²) in [5.41, 5.74) is 0.824. The fourth-order valence-electron chi connectivity index (χ4n) is 1.04. The van der Waals surface area contributed by atoms with Gasteiger partial charge >= 0.3 is 0 Å². The highest BCUT2D eigenvalue weighted by Gasteiger charge is 2.03. The van der Waals surface area contributed by atoms with Crippen LogP contribution in [0.15, 0.2) is 23.5 Å². The van der Waals surface area contributed by atoms with Crippen molar-refractivity contribution in [2.45, 2.75) is 13.2 Å². The topological polar surface area (TPSA) is 46.8 Å². The van der Waals surface area contributed by atoms with Gasteiger partial charge in [0.15, 0.2) is 6.23 Å². The van der Waals surface area contributed by atoms with Crippen molar-refractivity contribution in [3.8, 4) is 0 Å². The highest BCUT2D eigenvalue weighted by Crippen LogP contribution is 2.16. The molecule has 15 heavy (non-hydrogen) atoms. The Morgan fingerprint density at radius 2 is 2.33 bits per heavy atom. The molecule has 5 heteroatoms. The molecular weight excluding hydrogens is 194 g/mol. The van der Waals surface area contributed by atoms with Crippen LogP contribution in [0, 0.1) is 0 Å². The van der Waals surface area contributed by atoms with Crippen molar-refractivity contribution in [2.75, 3.05) is 14.1 Å². The smallest absolute Gasteiger partial charge is 0.295 e. The van der Waals surface area contributed by atoms with Crippen molar-refractivity contribution in [3.05, 3.63) is 18.5 Å². The summed E-state index contributed by atoms with van der Waals surface area (Å²) in [7, 11) is 3.80. The first-order chi connectivity index (χ1) is 7.13. The fraction of sp³-hybridized carbons (Fsp3) is 0.400. The molecule has 1 rings (SSSR count). The van der Waals surface area contributed by atoms with Crippen molar-refractivity contribution in [2.24, 2.45) is 4.99 Å². The van der Waals surface area contributed by atoms with E-state index in [1.807, 2.05) is 37.5 Å². The summed E-state index contributed by atoms with van der Waals surface area (Å²) in [5, 5.41) is 0. The van der Waals surface area contributed by atoms with Crippen LogP contribution in [0.4, 0.5) is 5.69 Å². The fourth-order valence-corrected chi connectivity index (χ4v) is 1.04. The number of ether oxygens (including phenoxy) is 1. The maximum atomic E-state index is 10.1. The molecule has 0 aliphatic heterocycles. The average Bonchev–Trinajstić information content (AvgIpc) is 2.63. The standard InChI is InChI=1S/C10H15N3O2/c1-9(15-8-14)13-5-4-10(6-13)11-7-12(2)3/h4-9H,1-3H3/b11-7-. The van der Waals surface area contributed by atoms with Gasteiger partial charge in [-0.25, -0.2) is 4.99 Å². The molecule has 0 bridgehead atoms. The van der Waals surface area contributed by atoms with Gasteiger partial charge < -0.3 is 14.2 Å². The summed E-state index contributed by atoms with van der Waals surface area (Å²) in [6.45, 7) is 2.22. The molecule has 1 aromatic heterocycles. The van der Waals surface area contributed by atoms with E-state index in [1.165, 1.54) is 0 Å². The maximum absolute atomic E-state index is 10.1. The van der Waals surface area contributed by atoms with Crippen LogP contribution in [0.3, 0.4) is 0 Å². The Balaban J connectivity index is 2.67. The molecule has 0 spiro atoms. The second kappa shape index (κ2) is 5.19. The van der Waals surface area contributed by atoms with Crippen LogP contribution in [0.1, 0.15) is 13.2 Å². The third kappa shape index (κ3) is 3.46. The van der Waals surface area contributed by atoms with E-state index in [-0.39, 0.29) is 6.23 Å². The molecule has 0 aliphatic rings. The Hall–Kier alpha value is -1.78. The molecule has 1 unspecified atom stereocenters. The first-order valence-corrected chi connectivity index (χ1v) is 4.60. The third-order valence-corrected chi connectivity index (χ3v) is 1.81. The first kappa shape index (κ1) is 11.3. The van der Waals surface area contributed by atoms with E-state index >= 15 is 0 Å².